The van der Waals surface area contributed by atoms with E-state index in [-0.39, 0.29) is 18.4 Å². The number of carbonyl (C=O) groups is 3. The van der Waals surface area contributed by atoms with Gasteiger partial charge in [-0.25, -0.2) is 4.79 Å². The Morgan fingerprint density at radius 2 is 1.61 bits per heavy atom. The zero-order valence-electron chi connectivity index (χ0n) is 19.4. The summed E-state index contributed by atoms with van der Waals surface area (Å²) in [5.41, 5.74) is 4.49. The monoisotopic (exact) mass is 452 g/mol. The second-order valence-corrected chi connectivity index (χ2v) is 8.81. The van der Waals surface area contributed by atoms with E-state index < -0.39 is 30.6 Å². The standard InChI is InChI=1S/C26H32N2O5/c1-4-13-28(15-24(29)30)25(31)23(14-17(2)3)27-26(32)33-16-22-20-11-7-5-9-18(20)19-10-6-8-12-21(19)22/h5-12,17,22-23H,4,13-16H2,1-3H3,(H,27,32)(H,29,30). The highest BCUT2D eigenvalue weighted by Crippen LogP contribution is 2.44. The highest BCUT2D eigenvalue weighted by atomic mass is 16.5. The molecule has 2 aromatic carbocycles. The van der Waals surface area contributed by atoms with Crippen LogP contribution in [0.5, 0.6) is 0 Å². The van der Waals surface area contributed by atoms with Crippen LogP contribution < -0.4 is 5.32 Å². The van der Waals surface area contributed by atoms with Gasteiger partial charge in [0.2, 0.25) is 5.91 Å². The van der Waals surface area contributed by atoms with Crippen molar-refractivity contribution in [3.8, 4) is 11.1 Å². The lowest BCUT2D eigenvalue weighted by Gasteiger charge is -2.27. The van der Waals surface area contributed by atoms with Crippen molar-refractivity contribution in [2.45, 2.75) is 45.6 Å². The van der Waals surface area contributed by atoms with Crippen molar-refractivity contribution < 1.29 is 24.2 Å². The Labute approximate surface area is 194 Å². The molecule has 0 fully saturated rings. The molecule has 7 nitrogen and oxygen atoms in total. The maximum absolute atomic E-state index is 13.0. The molecule has 2 aromatic rings. The molecule has 1 atom stereocenters. The summed E-state index contributed by atoms with van der Waals surface area (Å²) in [6, 6.07) is 15.3. The van der Waals surface area contributed by atoms with E-state index in [1.54, 1.807) is 0 Å². The average Bonchev–Trinajstić information content (AvgIpc) is 3.09. The van der Waals surface area contributed by atoms with Gasteiger partial charge in [-0.1, -0.05) is 69.3 Å². The highest BCUT2D eigenvalue weighted by Gasteiger charge is 2.31. The van der Waals surface area contributed by atoms with E-state index in [0.29, 0.717) is 19.4 Å². The smallest absolute Gasteiger partial charge is 0.407 e. The maximum Gasteiger partial charge on any atom is 0.407 e. The van der Waals surface area contributed by atoms with Crippen LogP contribution >= 0.6 is 0 Å². The Kier molecular flexibility index (Phi) is 8.09. The quantitative estimate of drug-likeness (QED) is 0.561. The van der Waals surface area contributed by atoms with Gasteiger partial charge in [-0.3, -0.25) is 9.59 Å². The van der Waals surface area contributed by atoms with Crippen LogP contribution in [0, 0.1) is 5.92 Å². The lowest BCUT2D eigenvalue weighted by molar-refractivity contribution is -0.145. The molecular weight excluding hydrogens is 420 g/mol. The molecule has 33 heavy (non-hydrogen) atoms. The fourth-order valence-electron chi connectivity index (χ4n) is 4.40. The van der Waals surface area contributed by atoms with E-state index >= 15 is 0 Å². The molecule has 0 saturated heterocycles. The van der Waals surface area contributed by atoms with Gasteiger partial charge in [0, 0.05) is 12.5 Å². The number of carboxylic acid groups (broad SMARTS) is 1. The van der Waals surface area contributed by atoms with Crippen LogP contribution in [0.3, 0.4) is 0 Å². The fourth-order valence-corrected chi connectivity index (χ4v) is 4.40. The minimum absolute atomic E-state index is 0.0778. The molecule has 2 N–H and O–H groups in total. The van der Waals surface area contributed by atoms with Gasteiger partial charge in [0.1, 0.15) is 19.2 Å². The second kappa shape index (κ2) is 11.0. The summed E-state index contributed by atoms with van der Waals surface area (Å²) < 4.78 is 5.59. The van der Waals surface area contributed by atoms with Crippen LogP contribution in [0.4, 0.5) is 4.79 Å². The molecule has 0 aliphatic heterocycles. The molecular formula is C26H32N2O5. The van der Waals surface area contributed by atoms with Gasteiger partial charge in [0.25, 0.3) is 0 Å². The molecule has 0 radical (unpaired) electrons. The molecule has 0 saturated carbocycles. The Hall–Kier alpha value is -3.35. The van der Waals surface area contributed by atoms with E-state index in [1.165, 1.54) is 4.90 Å². The fraction of sp³-hybridized carbons (Fsp3) is 0.423. The number of ether oxygens (including phenoxy) is 1. The molecule has 0 bridgehead atoms. The van der Waals surface area contributed by atoms with E-state index in [0.717, 1.165) is 22.3 Å². The van der Waals surface area contributed by atoms with Gasteiger partial charge >= 0.3 is 12.1 Å². The Bertz CT molecular complexity index is 958. The molecule has 2 amide bonds. The van der Waals surface area contributed by atoms with Gasteiger partial charge in [-0.2, -0.15) is 0 Å². The van der Waals surface area contributed by atoms with E-state index in [4.69, 9.17) is 9.84 Å². The van der Waals surface area contributed by atoms with E-state index in [9.17, 15) is 14.4 Å². The van der Waals surface area contributed by atoms with E-state index in [2.05, 4.69) is 17.4 Å². The van der Waals surface area contributed by atoms with Crippen molar-refractivity contribution in [2.75, 3.05) is 19.7 Å². The molecule has 0 aromatic heterocycles. The second-order valence-electron chi connectivity index (χ2n) is 8.81. The lowest BCUT2D eigenvalue weighted by atomic mass is 9.98. The number of fused-ring (bicyclic) bond motifs is 3. The molecule has 0 spiro atoms. The normalized spacial score (nSPS) is 13.2. The summed E-state index contributed by atoms with van der Waals surface area (Å²) in [5, 5.41) is 11.9. The molecule has 1 aliphatic carbocycles. The Morgan fingerprint density at radius 3 is 2.12 bits per heavy atom. The summed E-state index contributed by atoms with van der Waals surface area (Å²) in [6.07, 6.45) is 0.337. The number of amides is 2. The largest absolute Gasteiger partial charge is 0.480 e. The van der Waals surface area contributed by atoms with Crippen molar-refractivity contribution in [1.82, 2.24) is 10.2 Å². The van der Waals surface area contributed by atoms with Gasteiger partial charge in [-0.15, -0.1) is 0 Å². The first kappa shape index (κ1) is 24.3. The van der Waals surface area contributed by atoms with Crippen molar-refractivity contribution >= 4 is 18.0 Å². The molecule has 176 valence electrons. The molecule has 7 heteroatoms. The Balaban J connectivity index is 1.70. The SMILES string of the molecule is CCCN(CC(=O)O)C(=O)C(CC(C)C)NC(=O)OCC1c2ccccc2-c2ccccc21. The zero-order chi connectivity index (χ0) is 24.0. The first-order chi connectivity index (χ1) is 15.8. The number of nitrogens with one attached hydrogen (secondary N) is 1. The predicted octanol–water partition coefficient (Wildman–Crippen LogP) is 4.26. The van der Waals surface area contributed by atoms with Crippen molar-refractivity contribution in [3.05, 3.63) is 59.7 Å². The first-order valence-electron chi connectivity index (χ1n) is 11.4. The number of carbonyl (C=O) groups excluding carboxylic acids is 2. The van der Waals surface area contributed by atoms with Crippen molar-refractivity contribution in [2.24, 2.45) is 5.92 Å². The minimum atomic E-state index is -1.08. The third kappa shape index (κ3) is 5.92. The molecule has 1 unspecified atom stereocenters. The minimum Gasteiger partial charge on any atom is -0.480 e. The number of benzene rings is 2. The van der Waals surface area contributed by atoms with Gasteiger partial charge in [0.05, 0.1) is 0 Å². The molecule has 1 aliphatic rings. The van der Waals surface area contributed by atoms with Crippen molar-refractivity contribution in [1.29, 1.82) is 0 Å². The number of aliphatic carboxylic acids is 1. The van der Waals surface area contributed by atoms with Gasteiger partial charge in [-0.05, 0) is 41.0 Å². The van der Waals surface area contributed by atoms with Crippen LogP contribution in [0.25, 0.3) is 11.1 Å². The first-order valence-corrected chi connectivity index (χ1v) is 11.4. The van der Waals surface area contributed by atoms with Gasteiger partial charge < -0.3 is 20.1 Å². The van der Waals surface area contributed by atoms with Crippen LogP contribution in [0.15, 0.2) is 48.5 Å². The average molecular weight is 453 g/mol. The molecule has 3 rings (SSSR count). The number of carboxylic acids is 1. The van der Waals surface area contributed by atoms with Crippen LogP contribution in [-0.2, 0) is 14.3 Å². The van der Waals surface area contributed by atoms with Gasteiger partial charge in [0.15, 0.2) is 0 Å². The number of alkyl carbamates (subject to hydrolysis) is 1. The Morgan fingerprint density at radius 1 is 1.03 bits per heavy atom. The third-order valence-corrected chi connectivity index (χ3v) is 5.77. The van der Waals surface area contributed by atoms with Crippen molar-refractivity contribution in [3.63, 3.8) is 0 Å². The number of hydrogen-bond donors (Lipinski definition) is 2. The van der Waals surface area contributed by atoms with Crippen LogP contribution in [0.2, 0.25) is 0 Å². The number of hydrogen-bond acceptors (Lipinski definition) is 4. The third-order valence-electron chi connectivity index (χ3n) is 5.77. The summed E-state index contributed by atoms with van der Waals surface area (Å²) in [7, 11) is 0. The maximum atomic E-state index is 13.0. The summed E-state index contributed by atoms with van der Waals surface area (Å²) in [6.45, 7) is 5.83. The summed E-state index contributed by atoms with van der Waals surface area (Å²) in [5.74, 6) is -1.44. The highest BCUT2D eigenvalue weighted by molar-refractivity contribution is 5.88. The molecule has 0 heterocycles. The summed E-state index contributed by atoms with van der Waals surface area (Å²) in [4.78, 5) is 38.2. The lowest BCUT2D eigenvalue weighted by Crippen LogP contribution is -2.50. The van der Waals surface area contributed by atoms with E-state index in [1.807, 2.05) is 57.2 Å². The summed E-state index contributed by atoms with van der Waals surface area (Å²) >= 11 is 0. The topological polar surface area (TPSA) is 95.9 Å². The predicted molar refractivity (Wildman–Crippen MR) is 126 cm³/mol. The number of rotatable bonds is 10. The van der Waals surface area contributed by atoms with Crippen LogP contribution in [0.1, 0.15) is 50.7 Å². The van der Waals surface area contributed by atoms with Crippen LogP contribution in [-0.4, -0.2) is 53.7 Å². The number of nitrogens with zero attached hydrogens (tertiary/aromatic N) is 1. The zero-order valence-corrected chi connectivity index (χ0v) is 19.4.